The minimum atomic E-state index is -0.467. The topological polar surface area (TPSA) is 79.5 Å². The maximum absolute atomic E-state index is 10.6. The average Bonchev–Trinajstić information content (AvgIpc) is 2.42. The van der Waals surface area contributed by atoms with Crippen LogP contribution < -0.4 is 0 Å². The van der Waals surface area contributed by atoms with E-state index >= 15 is 0 Å². The van der Waals surface area contributed by atoms with Crippen LogP contribution in [0.4, 0.5) is 5.69 Å². The molecule has 0 radical (unpaired) electrons. The molecule has 0 bridgehead atoms. The quantitative estimate of drug-likeness (QED) is 0.277. The van der Waals surface area contributed by atoms with E-state index in [1.807, 2.05) is 31.2 Å². The highest BCUT2D eigenvalue weighted by atomic mass is 16.6. The molecule has 0 fully saturated rings. The minimum absolute atomic E-state index is 0.00458. The predicted octanol–water partition coefficient (Wildman–Crippen LogP) is 2.97. The molecule has 0 unspecified atom stereocenters. The molecular formula is C14H11N3O2. The molecule has 0 aromatic heterocycles. The van der Waals surface area contributed by atoms with Gasteiger partial charge in [-0.15, -0.1) is 0 Å². The molecule has 0 atom stereocenters. The van der Waals surface area contributed by atoms with Gasteiger partial charge in [-0.1, -0.05) is 17.7 Å². The van der Waals surface area contributed by atoms with Crippen LogP contribution in [0.5, 0.6) is 0 Å². The smallest absolute Gasteiger partial charge is 0.329 e. The fourth-order valence-electron chi connectivity index (χ4n) is 1.73. The Morgan fingerprint density at radius 3 is 1.95 bits per heavy atom. The van der Waals surface area contributed by atoms with Crippen LogP contribution >= 0.6 is 0 Å². The highest BCUT2D eigenvalue weighted by Crippen LogP contribution is 2.15. The van der Waals surface area contributed by atoms with Crippen LogP contribution in [-0.2, 0) is 0 Å². The Hall–Kier alpha value is -2.78. The maximum Gasteiger partial charge on any atom is 0.329 e. The lowest BCUT2D eigenvalue weighted by atomic mass is 10.0. The number of nitro benzene ring substituents is 1. The summed E-state index contributed by atoms with van der Waals surface area (Å²) < 4.78 is 0. The summed E-state index contributed by atoms with van der Waals surface area (Å²) in [7, 11) is 0. The van der Waals surface area contributed by atoms with Crippen LogP contribution in [0.15, 0.2) is 48.5 Å². The van der Waals surface area contributed by atoms with Crippen LogP contribution in [0.25, 0.3) is 5.53 Å². The van der Waals surface area contributed by atoms with Gasteiger partial charge in [-0.2, -0.15) is 4.79 Å². The van der Waals surface area contributed by atoms with Gasteiger partial charge in [0.05, 0.1) is 16.1 Å². The van der Waals surface area contributed by atoms with Crippen molar-refractivity contribution in [2.75, 3.05) is 0 Å². The standard InChI is InChI=1S/C14H11N3O2/c1-10-2-4-11(5-3-10)14(16-15)12-6-8-13(9-7-12)17(18)19/h2-9H,1H3. The van der Waals surface area contributed by atoms with Crippen molar-refractivity contribution in [3.05, 3.63) is 80.9 Å². The van der Waals surface area contributed by atoms with Gasteiger partial charge in [-0.3, -0.25) is 10.1 Å². The number of nitro groups is 1. The molecule has 2 aromatic rings. The second kappa shape index (κ2) is 5.25. The Morgan fingerprint density at radius 1 is 1.05 bits per heavy atom. The van der Waals surface area contributed by atoms with Crippen molar-refractivity contribution >= 4 is 11.4 Å². The van der Waals surface area contributed by atoms with Gasteiger partial charge in [0.2, 0.25) is 0 Å². The zero-order valence-electron chi connectivity index (χ0n) is 10.3. The van der Waals surface area contributed by atoms with E-state index in [2.05, 4.69) is 4.79 Å². The van der Waals surface area contributed by atoms with Crippen molar-refractivity contribution in [1.29, 1.82) is 0 Å². The van der Waals surface area contributed by atoms with E-state index in [1.165, 1.54) is 12.1 Å². The first-order valence-electron chi connectivity index (χ1n) is 5.66. The van der Waals surface area contributed by atoms with Crippen LogP contribution in [-0.4, -0.2) is 15.4 Å². The Kier molecular flexibility index (Phi) is 3.50. The second-order valence-electron chi connectivity index (χ2n) is 4.12. The third kappa shape index (κ3) is 2.73. The Bertz CT molecular complexity index is 654. The summed E-state index contributed by atoms with van der Waals surface area (Å²) >= 11 is 0. The summed E-state index contributed by atoms with van der Waals surface area (Å²) in [6.45, 7) is 1.96. The fraction of sp³-hybridized carbons (Fsp3) is 0.0714. The normalized spacial score (nSPS) is 9.74. The number of hydrogen-bond acceptors (Lipinski definition) is 2. The Balaban J connectivity index is 2.40. The predicted molar refractivity (Wildman–Crippen MR) is 71.1 cm³/mol. The van der Waals surface area contributed by atoms with E-state index in [9.17, 15) is 10.1 Å². The highest BCUT2D eigenvalue weighted by Gasteiger charge is 2.16. The summed E-state index contributed by atoms with van der Waals surface area (Å²) in [6.07, 6.45) is 0. The third-order valence-electron chi connectivity index (χ3n) is 2.78. The van der Waals surface area contributed by atoms with Gasteiger partial charge >= 0.3 is 5.71 Å². The molecule has 0 spiro atoms. The monoisotopic (exact) mass is 253 g/mol. The van der Waals surface area contributed by atoms with Crippen LogP contribution in [0.1, 0.15) is 16.7 Å². The molecule has 5 heteroatoms. The van der Waals surface area contributed by atoms with Gasteiger partial charge in [0, 0.05) is 12.1 Å². The van der Waals surface area contributed by atoms with Gasteiger partial charge < -0.3 is 5.53 Å². The van der Waals surface area contributed by atoms with Gasteiger partial charge in [0.25, 0.3) is 5.69 Å². The van der Waals surface area contributed by atoms with Crippen LogP contribution in [0, 0.1) is 17.0 Å². The van der Waals surface area contributed by atoms with Crippen molar-refractivity contribution in [2.24, 2.45) is 0 Å². The van der Waals surface area contributed by atoms with E-state index in [-0.39, 0.29) is 5.69 Å². The zero-order valence-corrected chi connectivity index (χ0v) is 10.3. The summed E-state index contributed by atoms with van der Waals surface area (Å²) in [5.74, 6) is 0. The molecular weight excluding hydrogens is 242 g/mol. The van der Waals surface area contributed by atoms with Gasteiger partial charge in [0.15, 0.2) is 0 Å². The lowest BCUT2D eigenvalue weighted by Gasteiger charge is -1.98. The lowest BCUT2D eigenvalue weighted by Crippen LogP contribution is -2.04. The van der Waals surface area contributed by atoms with E-state index in [1.54, 1.807) is 12.1 Å². The Labute approximate surface area is 109 Å². The van der Waals surface area contributed by atoms with Gasteiger partial charge in [-0.05, 0) is 31.2 Å². The molecule has 2 aromatic carbocycles. The molecule has 0 aliphatic rings. The molecule has 2 rings (SSSR count). The van der Waals surface area contributed by atoms with Crippen molar-refractivity contribution in [3.63, 3.8) is 0 Å². The lowest BCUT2D eigenvalue weighted by molar-refractivity contribution is -0.384. The van der Waals surface area contributed by atoms with Crippen LogP contribution in [0.3, 0.4) is 0 Å². The first-order chi connectivity index (χ1) is 9.11. The summed E-state index contributed by atoms with van der Waals surface area (Å²) in [4.78, 5) is 13.4. The van der Waals surface area contributed by atoms with E-state index in [0.29, 0.717) is 11.3 Å². The molecule has 0 saturated heterocycles. The molecule has 0 saturated carbocycles. The highest BCUT2D eigenvalue weighted by molar-refractivity contribution is 6.09. The maximum atomic E-state index is 10.6. The molecule has 0 amide bonds. The van der Waals surface area contributed by atoms with E-state index < -0.39 is 4.92 Å². The first kappa shape index (κ1) is 12.7. The number of hydrogen-bond donors (Lipinski definition) is 0. The van der Waals surface area contributed by atoms with Crippen molar-refractivity contribution in [3.8, 4) is 0 Å². The molecule has 94 valence electrons. The molecule has 19 heavy (non-hydrogen) atoms. The van der Waals surface area contributed by atoms with Gasteiger partial charge in [-0.25, -0.2) is 0 Å². The minimum Gasteiger partial charge on any atom is -0.361 e. The van der Waals surface area contributed by atoms with E-state index in [4.69, 9.17) is 5.53 Å². The van der Waals surface area contributed by atoms with Crippen molar-refractivity contribution < 1.29 is 9.71 Å². The average molecular weight is 253 g/mol. The van der Waals surface area contributed by atoms with E-state index in [0.717, 1.165) is 11.1 Å². The number of nitrogens with zero attached hydrogens (tertiary/aromatic N) is 3. The summed E-state index contributed by atoms with van der Waals surface area (Å²) in [5, 5.41) is 10.6. The molecule has 0 aliphatic heterocycles. The largest absolute Gasteiger partial charge is 0.361 e. The van der Waals surface area contributed by atoms with Crippen molar-refractivity contribution in [2.45, 2.75) is 6.92 Å². The first-order valence-corrected chi connectivity index (χ1v) is 5.66. The van der Waals surface area contributed by atoms with Gasteiger partial charge in [0.1, 0.15) is 0 Å². The zero-order chi connectivity index (χ0) is 13.8. The molecule has 0 N–H and O–H groups in total. The number of benzene rings is 2. The van der Waals surface area contributed by atoms with Crippen molar-refractivity contribution in [1.82, 2.24) is 0 Å². The molecule has 0 aliphatic carbocycles. The van der Waals surface area contributed by atoms with Crippen LogP contribution in [0.2, 0.25) is 0 Å². The third-order valence-corrected chi connectivity index (χ3v) is 2.78. The number of non-ortho nitro benzene ring substituents is 1. The SMILES string of the molecule is Cc1ccc(C(=[N+]=[N-])c2ccc([N+](=O)[O-])cc2)cc1. The fourth-order valence-corrected chi connectivity index (χ4v) is 1.73. The molecule has 0 heterocycles. The number of rotatable bonds is 3. The summed E-state index contributed by atoms with van der Waals surface area (Å²) in [6, 6.07) is 13.4. The summed E-state index contributed by atoms with van der Waals surface area (Å²) in [5.41, 5.74) is 12.0. The molecule has 5 nitrogen and oxygen atoms in total. The Morgan fingerprint density at radius 2 is 1.53 bits per heavy atom. The second-order valence-corrected chi connectivity index (χ2v) is 4.12. The number of aryl methyl sites for hydroxylation is 1.